The Balaban J connectivity index is 2.34. The minimum Gasteiger partial charge on any atom is -0.491 e. The molecule has 0 saturated carbocycles. The van der Waals surface area contributed by atoms with Gasteiger partial charge in [-0.3, -0.25) is 0 Å². The van der Waals surface area contributed by atoms with Crippen molar-refractivity contribution in [1.29, 1.82) is 0 Å². The fraction of sp³-hybridized carbons (Fsp3) is 0.214. The van der Waals surface area contributed by atoms with Gasteiger partial charge in [0.25, 0.3) is 0 Å². The van der Waals surface area contributed by atoms with E-state index in [1.54, 1.807) is 0 Å². The molecule has 9 nitrogen and oxygen atoms in total. The van der Waals surface area contributed by atoms with E-state index in [-0.39, 0.29) is 17.4 Å². The third-order valence-electron chi connectivity index (χ3n) is 3.63. The summed E-state index contributed by atoms with van der Waals surface area (Å²) in [6.07, 6.45) is -3.91. The Morgan fingerprint density at radius 1 is 1.18 bits per heavy atom. The topological polar surface area (TPSA) is 122 Å². The van der Waals surface area contributed by atoms with E-state index >= 15 is 0 Å². The molecule has 2 heterocycles. The van der Waals surface area contributed by atoms with E-state index in [4.69, 9.17) is 14.6 Å². The van der Waals surface area contributed by atoms with Crippen molar-refractivity contribution in [2.24, 2.45) is 5.14 Å². The van der Waals surface area contributed by atoms with Crippen molar-refractivity contribution < 1.29 is 35.5 Å². The maximum absolute atomic E-state index is 14.8. The molecule has 3 aromatic rings. The van der Waals surface area contributed by atoms with E-state index in [2.05, 4.69) is 15.1 Å². The van der Waals surface area contributed by atoms with Crippen LogP contribution in [0.4, 0.5) is 17.6 Å². The number of nitrogens with zero attached hydrogens (tertiary/aromatic N) is 4. The zero-order chi connectivity index (χ0) is 20.9. The Morgan fingerprint density at radius 3 is 2.39 bits per heavy atom. The zero-order valence-electron chi connectivity index (χ0n) is 14.2. The predicted octanol–water partition coefficient (Wildman–Crippen LogP) is 1.61. The van der Waals surface area contributed by atoms with E-state index in [0.29, 0.717) is 12.1 Å². The maximum atomic E-state index is 14.8. The fourth-order valence-electron chi connectivity index (χ4n) is 2.46. The summed E-state index contributed by atoms with van der Waals surface area (Å²) >= 11 is 0. The largest absolute Gasteiger partial charge is 0.491 e. The fourth-order valence-corrected chi connectivity index (χ4v) is 3.31. The highest BCUT2D eigenvalue weighted by molar-refractivity contribution is 7.89. The summed E-state index contributed by atoms with van der Waals surface area (Å²) in [5.41, 5.74) is -2.34. The van der Waals surface area contributed by atoms with Crippen LogP contribution in [0.1, 0.15) is 5.56 Å². The van der Waals surface area contributed by atoms with Crippen molar-refractivity contribution >= 4 is 15.7 Å². The summed E-state index contributed by atoms with van der Waals surface area (Å²) in [7, 11) is -2.48. The average Bonchev–Trinajstić information content (AvgIpc) is 3.03. The first kappa shape index (κ1) is 19.8. The number of rotatable bonds is 4. The number of alkyl halides is 3. The van der Waals surface area contributed by atoms with Gasteiger partial charge in [0.05, 0.1) is 31.5 Å². The van der Waals surface area contributed by atoms with Crippen LogP contribution in [0.5, 0.6) is 11.8 Å². The molecule has 150 valence electrons. The van der Waals surface area contributed by atoms with Crippen LogP contribution in [-0.2, 0) is 16.2 Å². The normalized spacial score (nSPS) is 12.4. The lowest BCUT2D eigenvalue weighted by Crippen LogP contribution is -2.21. The van der Waals surface area contributed by atoms with Gasteiger partial charge in [-0.2, -0.15) is 22.7 Å². The molecule has 0 spiro atoms. The Kier molecular flexibility index (Phi) is 4.63. The Labute approximate surface area is 154 Å². The highest BCUT2D eigenvalue weighted by atomic mass is 32.2. The molecule has 0 radical (unpaired) electrons. The number of hydrogen-bond acceptors (Lipinski definition) is 7. The van der Waals surface area contributed by atoms with Crippen molar-refractivity contribution in [2.75, 3.05) is 14.2 Å². The molecule has 0 aliphatic rings. The number of primary sulfonamides is 1. The quantitative estimate of drug-likeness (QED) is 0.635. The predicted molar refractivity (Wildman–Crippen MR) is 85.7 cm³/mol. The van der Waals surface area contributed by atoms with Crippen molar-refractivity contribution in [1.82, 2.24) is 19.6 Å². The molecule has 0 saturated heterocycles. The number of methoxy groups -OCH3 is 2. The molecule has 2 aromatic heterocycles. The van der Waals surface area contributed by atoms with Crippen LogP contribution >= 0.6 is 0 Å². The zero-order valence-corrected chi connectivity index (χ0v) is 15.0. The van der Waals surface area contributed by atoms with Crippen LogP contribution < -0.4 is 14.6 Å². The summed E-state index contributed by atoms with van der Waals surface area (Å²) < 4.78 is 88.4. The summed E-state index contributed by atoms with van der Waals surface area (Å²) in [4.78, 5) is 6.17. The van der Waals surface area contributed by atoms with Crippen LogP contribution in [0.15, 0.2) is 23.2 Å². The van der Waals surface area contributed by atoms with Gasteiger partial charge in [0.15, 0.2) is 17.4 Å². The number of ether oxygens (including phenoxy) is 2. The SMILES string of the molecule is COc1cnc(OC)n2nc(-c3ccc(C(F)(F)F)c(S(N)(=O)=O)c3F)nc12. The highest BCUT2D eigenvalue weighted by Crippen LogP contribution is 2.38. The highest BCUT2D eigenvalue weighted by Gasteiger charge is 2.39. The molecule has 0 atom stereocenters. The van der Waals surface area contributed by atoms with Crippen molar-refractivity contribution in [3.05, 3.63) is 29.7 Å². The number of nitrogens with two attached hydrogens (primary N) is 1. The number of hydrogen-bond donors (Lipinski definition) is 1. The minimum absolute atomic E-state index is 0.0146. The molecule has 14 heteroatoms. The first-order valence-corrected chi connectivity index (χ1v) is 8.80. The van der Waals surface area contributed by atoms with E-state index in [9.17, 15) is 26.0 Å². The number of aromatic nitrogens is 4. The number of sulfonamides is 1. The van der Waals surface area contributed by atoms with E-state index in [0.717, 1.165) is 4.52 Å². The average molecular weight is 421 g/mol. The Bertz CT molecular complexity index is 1140. The summed E-state index contributed by atoms with van der Waals surface area (Å²) in [6.45, 7) is 0. The molecular formula is C14H11F4N5O4S. The molecule has 0 bridgehead atoms. The Hall–Kier alpha value is -3.00. The summed E-state index contributed by atoms with van der Waals surface area (Å²) in [5.74, 6) is -2.06. The van der Waals surface area contributed by atoms with Crippen LogP contribution in [0.25, 0.3) is 17.0 Å². The first-order valence-electron chi connectivity index (χ1n) is 7.25. The van der Waals surface area contributed by atoms with Crippen LogP contribution in [0.3, 0.4) is 0 Å². The van der Waals surface area contributed by atoms with Crippen LogP contribution in [-0.4, -0.2) is 42.2 Å². The minimum atomic E-state index is -5.15. The van der Waals surface area contributed by atoms with Crippen molar-refractivity contribution in [2.45, 2.75) is 11.1 Å². The smallest absolute Gasteiger partial charge is 0.417 e. The van der Waals surface area contributed by atoms with Gasteiger partial charge in [0, 0.05) is 0 Å². The molecule has 1 aromatic carbocycles. The van der Waals surface area contributed by atoms with E-state index in [1.807, 2.05) is 0 Å². The lowest BCUT2D eigenvalue weighted by atomic mass is 10.1. The van der Waals surface area contributed by atoms with E-state index < -0.39 is 43.9 Å². The number of benzene rings is 1. The number of halogens is 4. The molecule has 28 heavy (non-hydrogen) atoms. The first-order chi connectivity index (χ1) is 13.0. The van der Waals surface area contributed by atoms with E-state index in [1.165, 1.54) is 20.4 Å². The Morgan fingerprint density at radius 2 is 1.86 bits per heavy atom. The van der Waals surface area contributed by atoms with Gasteiger partial charge in [-0.25, -0.2) is 22.9 Å². The van der Waals surface area contributed by atoms with Crippen LogP contribution in [0, 0.1) is 5.82 Å². The summed E-state index contributed by atoms with van der Waals surface area (Å²) in [5, 5.41) is 8.72. The second kappa shape index (κ2) is 6.56. The number of fused-ring (bicyclic) bond motifs is 1. The molecule has 3 rings (SSSR count). The second-order valence-electron chi connectivity index (χ2n) is 5.33. The standard InChI is InChI=1S/C14H11F4N5O4S/c1-26-8-5-20-13(27-2)23-12(8)21-11(22-23)6-3-4-7(14(16,17)18)10(9(6)15)28(19,24)25/h3-5H,1-2H3,(H2,19,24,25). The molecule has 0 aliphatic heterocycles. The molecule has 0 amide bonds. The van der Waals surface area contributed by atoms with Crippen molar-refractivity contribution in [3.8, 4) is 23.1 Å². The van der Waals surface area contributed by atoms with Gasteiger partial charge in [0.1, 0.15) is 4.90 Å². The van der Waals surface area contributed by atoms with Gasteiger partial charge in [-0.15, -0.1) is 5.10 Å². The van der Waals surface area contributed by atoms with Gasteiger partial charge >= 0.3 is 12.2 Å². The third-order valence-corrected chi connectivity index (χ3v) is 4.60. The molecule has 0 unspecified atom stereocenters. The van der Waals surface area contributed by atoms with Crippen molar-refractivity contribution in [3.63, 3.8) is 0 Å². The third kappa shape index (κ3) is 3.20. The van der Waals surface area contributed by atoms with Gasteiger partial charge in [0.2, 0.25) is 15.7 Å². The lowest BCUT2D eigenvalue weighted by Gasteiger charge is -2.13. The van der Waals surface area contributed by atoms with Gasteiger partial charge in [-0.05, 0) is 12.1 Å². The lowest BCUT2D eigenvalue weighted by molar-refractivity contribution is -0.140. The summed E-state index contributed by atoms with van der Waals surface area (Å²) in [6, 6.07) is 1.01. The molecule has 0 aliphatic carbocycles. The van der Waals surface area contributed by atoms with Gasteiger partial charge < -0.3 is 9.47 Å². The second-order valence-corrected chi connectivity index (χ2v) is 6.83. The molecule has 2 N–H and O–H groups in total. The molecule has 0 fully saturated rings. The monoisotopic (exact) mass is 421 g/mol. The maximum Gasteiger partial charge on any atom is 0.417 e. The van der Waals surface area contributed by atoms with Gasteiger partial charge in [-0.1, -0.05) is 0 Å². The van der Waals surface area contributed by atoms with Crippen LogP contribution in [0.2, 0.25) is 0 Å². The molecular weight excluding hydrogens is 410 g/mol.